The molecule has 3 nitrogen and oxygen atoms in total. The Morgan fingerprint density at radius 3 is 2.37 bits per heavy atom. The Morgan fingerprint density at radius 2 is 1.57 bits per heavy atom. The lowest BCUT2D eigenvalue weighted by Gasteiger charge is -2.17. The number of halogens is 1. The summed E-state index contributed by atoms with van der Waals surface area (Å²) in [7, 11) is 0. The van der Waals surface area contributed by atoms with Gasteiger partial charge < -0.3 is 15.2 Å². The summed E-state index contributed by atoms with van der Waals surface area (Å²) in [4.78, 5) is 0. The molecular formula is C26H24FNO2. The van der Waals surface area contributed by atoms with Crippen molar-refractivity contribution in [3.05, 3.63) is 114 Å². The summed E-state index contributed by atoms with van der Waals surface area (Å²) in [5.41, 5.74) is 2.83. The summed E-state index contributed by atoms with van der Waals surface area (Å²) < 4.78 is 19.2. The van der Waals surface area contributed by atoms with Crippen molar-refractivity contribution in [2.75, 3.05) is 6.54 Å². The van der Waals surface area contributed by atoms with E-state index in [1.54, 1.807) is 12.1 Å². The quantitative estimate of drug-likeness (QED) is 0.416. The molecule has 4 rings (SSSR count). The second kappa shape index (κ2) is 9.53. The van der Waals surface area contributed by atoms with Gasteiger partial charge in [-0.1, -0.05) is 72.8 Å². The maximum Gasteiger partial charge on any atom is 0.124 e. The van der Waals surface area contributed by atoms with Crippen LogP contribution in [0.2, 0.25) is 0 Å². The molecule has 0 aliphatic rings. The first kappa shape index (κ1) is 20.1. The van der Waals surface area contributed by atoms with Crippen LogP contribution in [0.4, 0.5) is 4.39 Å². The third-order valence-electron chi connectivity index (χ3n) is 5.13. The Bertz CT molecular complexity index is 1100. The fourth-order valence-electron chi connectivity index (χ4n) is 3.50. The Morgan fingerprint density at radius 1 is 0.833 bits per heavy atom. The summed E-state index contributed by atoms with van der Waals surface area (Å²) in [5.74, 6) is 0.519. The molecule has 152 valence electrons. The highest BCUT2D eigenvalue weighted by Gasteiger charge is 2.11. The fraction of sp³-hybridized carbons (Fsp3) is 0.154. The number of aliphatic hydroxyl groups excluding tert-OH is 1. The van der Waals surface area contributed by atoms with Crippen LogP contribution in [-0.2, 0) is 13.2 Å². The Labute approximate surface area is 175 Å². The molecule has 0 saturated carbocycles. The molecular weight excluding hydrogens is 377 g/mol. The summed E-state index contributed by atoms with van der Waals surface area (Å²) in [6.07, 6.45) is -0.579. The third-order valence-corrected chi connectivity index (χ3v) is 5.13. The van der Waals surface area contributed by atoms with Crippen LogP contribution in [-0.4, -0.2) is 11.7 Å². The number of ether oxygens (including phenoxy) is 1. The first-order valence-electron chi connectivity index (χ1n) is 10.0. The van der Waals surface area contributed by atoms with Gasteiger partial charge in [-0.05, 0) is 40.1 Å². The van der Waals surface area contributed by atoms with E-state index in [2.05, 4.69) is 17.4 Å². The average molecular weight is 401 g/mol. The Hall–Kier alpha value is -3.21. The zero-order chi connectivity index (χ0) is 20.8. The minimum atomic E-state index is -0.579. The van der Waals surface area contributed by atoms with Crippen LogP contribution in [0.5, 0.6) is 5.75 Å². The predicted molar refractivity (Wildman–Crippen MR) is 118 cm³/mol. The average Bonchev–Trinajstić information content (AvgIpc) is 2.80. The number of benzene rings is 4. The summed E-state index contributed by atoms with van der Waals surface area (Å²) in [6.45, 7) is 1.35. The Kier molecular flexibility index (Phi) is 6.38. The van der Waals surface area contributed by atoms with Crippen LogP contribution >= 0.6 is 0 Å². The second-order valence-electron chi connectivity index (χ2n) is 7.24. The molecule has 4 aromatic rings. The van der Waals surface area contributed by atoms with Crippen molar-refractivity contribution in [2.45, 2.75) is 19.3 Å². The number of hydrogen-bond donors (Lipinski definition) is 2. The van der Waals surface area contributed by atoms with Crippen molar-refractivity contribution in [3.63, 3.8) is 0 Å². The van der Waals surface area contributed by atoms with Gasteiger partial charge in [-0.3, -0.25) is 0 Å². The molecule has 0 radical (unpaired) electrons. The van der Waals surface area contributed by atoms with E-state index in [0.717, 1.165) is 33.2 Å². The van der Waals surface area contributed by atoms with Gasteiger partial charge in [0.2, 0.25) is 0 Å². The first-order chi connectivity index (χ1) is 14.7. The van der Waals surface area contributed by atoms with Gasteiger partial charge in [0, 0.05) is 18.7 Å². The fourth-order valence-corrected chi connectivity index (χ4v) is 3.50. The molecule has 30 heavy (non-hydrogen) atoms. The van der Waals surface area contributed by atoms with Crippen LogP contribution in [0.1, 0.15) is 22.8 Å². The van der Waals surface area contributed by atoms with E-state index >= 15 is 0 Å². The van der Waals surface area contributed by atoms with Crippen LogP contribution in [0.3, 0.4) is 0 Å². The molecule has 0 aliphatic heterocycles. The first-order valence-corrected chi connectivity index (χ1v) is 10.0. The zero-order valence-corrected chi connectivity index (χ0v) is 16.6. The normalized spacial score (nSPS) is 12.1. The van der Waals surface area contributed by atoms with Gasteiger partial charge in [-0.15, -0.1) is 0 Å². The van der Waals surface area contributed by atoms with Gasteiger partial charge in [0.15, 0.2) is 0 Å². The predicted octanol–water partition coefficient (Wildman–Crippen LogP) is 5.38. The summed E-state index contributed by atoms with van der Waals surface area (Å²) in [5, 5.41) is 16.0. The van der Waals surface area contributed by atoms with Crippen molar-refractivity contribution >= 4 is 10.8 Å². The van der Waals surface area contributed by atoms with E-state index in [1.807, 2.05) is 54.6 Å². The maximum absolute atomic E-state index is 13.1. The lowest BCUT2D eigenvalue weighted by Crippen LogP contribution is -2.21. The molecule has 0 fully saturated rings. The van der Waals surface area contributed by atoms with Gasteiger partial charge in [-0.2, -0.15) is 0 Å². The van der Waals surface area contributed by atoms with Crippen molar-refractivity contribution in [3.8, 4) is 5.75 Å². The van der Waals surface area contributed by atoms with Crippen molar-refractivity contribution < 1.29 is 14.2 Å². The smallest absolute Gasteiger partial charge is 0.124 e. The van der Waals surface area contributed by atoms with Gasteiger partial charge in [0.1, 0.15) is 18.2 Å². The number of rotatable bonds is 8. The van der Waals surface area contributed by atoms with E-state index in [9.17, 15) is 9.50 Å². The minimum absolute atomic E-state index is 0.258. The summed E-state index contributed by atoms with van der Waals surface area (Å²) in [6, 6.07) is 28.1. The van der Waals surface area contributed by atoms with Crippen LogP contribution in [0.15, 0.2) is 91.0 Å². The highest BCUT2D eigenvalue weighted by Crippen LogP contribution is 2.29. The van der Waals surface area contributed by atoms with Crippen LogP contribution in [0, 0.1) is 5.82 Å². The molecule has 2 N–H and O–H groups in total. The standard InChI is InChI=1S/C26H24FNO2/c27-22-13-10-19(11-14-22)18-30-26-15-12-20-6-4-5-9-23(20)24(26)16-28-17-25(29)21-7-2-1-3-8-21/h1-15,25,28-29H,16-18H2/t25-/m1/s1. The van der Waals surface area contributed by atoms with Crippen molar-refractivity contribution in [1.82, 2.24) is 5.32 Å². The molecule has 1 atom stereocenters. The second-order valence-corrected chi connectivity index (χ2v) is 7.24. The van der Waals surface area contributed by atoms with E-state index in [-0.39, 0.29) is 5.82 Å². The van der Waals surface area contributed by atoms with E-state index in [0.29, 0.717) is 19.7 Å². The molecule has 0 amide bonds. The molecule has 0 bridgehead atoms. The van der Waals surface area contributed by atoms with E-state index in [4.69, 9.17) is 4.74 Å². The molecule has 0 aliphatic carbocycles. The molecule has 0 heterocycles. The third kappa shape index (κ3) is 4.85. The lowest BCUT2D eigenvalue weighted by molar-refractivity contribution is 0.174. The van der Waals surface area contributed by atoms with Crippen LogP contribution < -0.4 is 10.1 Å². The molecule has 4 aromatic carbocycles. The topological polar surface area (TPSA) is 41.5 Å². The molecule has 0 aromatic heterocycles. The number of hydrogen-bond acceptors (Lipinski definition) is 3. The van der Waals surface area contributed by atoms with Crippen molar-refractivity contribution in [1.29, 1.82) is 0 Å². The number of aliphatic hydroxyl groups is 1. The molecule has 0 saturated heterocycles. The van der Waals surface area contributed by atoms with E-state index < -0.39 is 6.10 Å². The van der Waals surface area contributed by atoms with Gasteiger partial charge >= 0.3 is 0 Å². The molecule has 4 heteroatoms. The Balaban J connectivity index is 1.50. The minimum Gasteiger partial charge on any atom is -0.489 e. The SMILES string of the molecule is O[C@H](CNCc1c(OCc2ccc(F)cc2)ccc2ccccc12)c1ccccc1. The van der Waals surface area contributed by atoms with Gasteiger partial charge in [-0.25, -0.2) is 4.39 Å². The highest BCUT2D eigenvalue weighted by molar-refractivity contribution is 5.87. The molecule has 0 unspecified atom stereocenters. The maximum atomic E-state index is 13.1. The van der Waals surface area contributed by atoms with Crippen LogP contribution in [0.25, 0.3) is 10.8 Å². The van der Waals surface area contributed by atoms with Gasteiger partial charge in [0.05, 0.1) is 6.10 Å². The zero-order valence-electron chi connectivity index (χ0n) is 16.6. The number of nitrogens with one attached hydrogen (secondary N) is 1. The largest absolute Gasteiger partial charge is 0.489 e. The van der Waals surface area contributed by atoms with E-state index in [1.165, 1.54) is 12.1 Å². The molecule has 0 spiro atoms. The summed E-state index contributed by atoms with van der Waals surface area (Å²) >= 11 is 0. The number of fused-ring (bicyclic) bond motifs is 1. The monoisotopic (exact) mass is 401 g/mol. The lowest BCUT2D eigenvalue weighted by atomic mass is 10.0. The van der Waals surface area contributed by atoms with Crippen molar-refractivity contribution in [2.24, 2.45) is 0 Å². The van der Waals surface area contributed by atoms with Gasteiger partial charge in [0.25, 0.3) is 0 Å². The highest BCUT2D eigenvalue weighted by atomic mass is 19.1.